The summed E-state index contributed by atoms with van der Waals surface area (Å²) in [5, 5.41) is 8.53. The van der Waals surface area contributed by atoms with Crippen molar-refractivity contribution < 1.29 is 4.79 Å². The van der Waals surface area contributed by atoms with Gasteiger partial charge in [-0.3, -0.25) is 4.79 Å². The van der Waals surface area contributed by atoms with E-state index < -0.39 is 0 Å². The van der Waals surface area contributed by atoms with Gasteiger partial charge in [0.2, 0.25) is 0 Å². The quantitative estimate of drug-likeness (QED) is 0.476. The van der Waals surface area contributed by atoms with E-state index in [9.17, 15) is 4.79 Å². The van der Waals surface area contributed by atoms with Crippen molar-refractivity contribution in [3.05, 3.63) is 0 Å². The fourth-order valence-corrected chi connectivity index (χ4v) is 1.30. The number of nitriles is 1. The number of carbonyl (C=O) groups is 1. The van der Waals surface area contributed by atoms with Gasteiger partial charge in [-0.25, -0.2) is 0 Å². The Morgan fingerprint density at radius 1 is 1.50 bits per heavy atom. The highest BCUT2D eigenvalue weighted by Gasteiger charge is 2.16. The van der Waals surface area contributed by atoms with Crippen molar-refractivity contribution in [1.29, 1.82) is 5.26 Å². The molecular weight excluding hydrogens is 126 g/mol. The zero-order chi connectivity index (χ0) is 7.40. The molecule has 1 atom stereocenters. The number of Topliss-reactive ketones (excluding diaryl/α,β-unsaturated/α-hetero) is 1. The van der Waals surface area contributed by atoms with Crippen molar-refractivity contribution in [1.82, 2.24) is 0 Å². The third-order valence-electron chi connectivity index (χ3n) is 1.91. The van der Waals surface area contributed by atoms with Crippen molar-refractivity contribution >= 4 is 5.78 Å². The summed E-state index contributed by atoms with van der Waals surface area (Å²) in [6.07, 6.45) is 4.14. The zero-order valence-corrected chi connectivity index (χ0v) is 5.97. The third kappa shape index (κ3) is 1.84. The number of hydrogen-bond donors (Lipinski definition) is 0. The van der Waals surface area contributed by atoms with Gasteiger partial charge in [-0.05, 0) is 12.8 Å². The lowest BCUT2D eigenvalue weighted by molar-refractivity contribution is -0.119. The Labute approximate surface area is 60.8 Å². The van der Waals surface area contributed by atoms with Crippen LogP contribution in [0, 0.1) is 17.2 Å². The molecule has 1 rings (SSSR count). The molecule has 0 aromatic rings. The van der Waals surface area contributed by atoms with E-state index in [1.165, 1.54) is 0 Å². The Balaban J connectivity index is 2.47. The number of ketones is 1. The first-order chi connectivity index (χ1) is 4.83. The van der Waals surface area contributed by atoms with Gasteiger partial charge >= 0.3 is 0 Å². The molecule has 1 aliphatic rings. The highest BCUT2D eigenvalue weighted by Crippen LogP contribution is 2.19. The first kappa shape index (κ1) is 7.27. The van der Waals surface area contributed by atoms with Gasteiger partial charge in [-0.1, -0.05) is 6.42 Å². The SMILES string of the molecule is N#C[C@@H]1CCCCC(=O)C1. The Hall–Kier alpha value is -0.840. The molecule has 1 fully saturated rings. The number of carbonyl (C=O) groups excluding carboxylic acids is 1. The largest absolute Gasteiger partial charge is 0.300 e. The van der Waals surface area contributed by atoms with Crippen LogP contribution in [0.25, 0.3) is 0 Å². The molecular formula is C8H11NO. The highest BCUT2D eigenvalue weighted by molar-refractivity contribution is 5.79. The van der Waals surface area contributed by atoms with E-state index in [1.54, 1.807) is 0 Å². The van der Waals surface area contributed by atoms with E-state index in [2.05, 4.69) is 6.07 Å². The van der Waals surface area contributed by atoms with Gasteiger partial charge in [0, 0.05) is 12.8 Å². The van der Waals surface area contributed by atoms with Crippen LogP contribution in [0.4, 0.5) is 0 Å². The summed E-state index contributed by atoms with van der Waals surface area (Å²) < 4.78 is 0. The van der Waals surface area contributed by atoms with Gasteiger partial charge in [-0.2, -0.15) is 5.26 Å². The second-order valence-corrected chi connectivity index (χ2v) is 2.81. The van der Waals surface area contributed by atoms with Crippen LogP contribution in [-0.2, 0) is 4.79 Å². The number of nitrogens with zero attached hydrogens (tertiary/aromatic N) is 1. The summed E-state index contributed by atoms with van der Waals surface area (Å²) in [6, 6.07) is 2.15. The molecule has 0 amide bonds. The lowest BCUT2D eigenvalue weighted by Crippen LogP contribution is -2.01. The zero-order valence-electron chi connectivity index (χ0n) is 5.97. The standard InChI is InChI=1S/C8H11NO/c9-6-7-3-1-2-4-8(10)5-7/h7H,1-5H2/t7-/m1/s1. The maximum absolute atomic E-state index is 10.9. The normalized spacial score (nSPS) is 27.1. The van der Waals surface area contributed by atoms with Gasteiger partial charge in [0.1, 0.15) is 5.78 Å². The van der Waals surface area contributed by atoms with Crippen LogP contribution >= 0.6 is 0 Å². The average Bonchev–Trinajstić information content (AvgIpc) is 2.13. The van der Waals surface area contributed by atoms with Crippen LogP contribution in [0.1, 0.15) is 32.1 Å². The molecule has 0 aromatic carbocycles. The second-order valence-electron chi connectivity index (χ2n) is 2.81. The summed E-state index contributed by atoms with van der Waals surface area (Å²) in [4.78, 5) is 10.9. The first-order valence-corrected chi connectivity index (χ1v) is 3.74. The van der Waals surface area contributed by atoms with E-state index in [1.807, 2.05) is 0 Å². The van der Waals surface area contributed by atoms with Crippen molar-refractivity contribution in [3.63, 3.8) is 0 Å². The van der Waals surface area contributed by atoms with Crippen LogP contribution in [0.3, 0.4) is 0 Å². The lowest BCUT2D eigenvalue weighted by atomic mass is 10.0. The van der Waals surface area contributed by atoms with Crippen LogP contribution in [0.15, 0.2) is 0 Å². The molecule has 0 aliphatic heterocycles. The predicted molar refractivity (Wildman–Crippen MR) is 37.2 cm³/mol. The molecule has 0 aromatic heterocycles. The van der Waals surface area contributed by atoms with Crippen LogP contribution < -0.4 is 0 Å². The molecule has 1 aliphatic carbocycles. The molecule has 54 valence electrons. The minimum atomic E-state index is 0.00926. The fraction of sp³-hybridized carbons (Fsp3) is 0.750. The van der Waals surface area contributed by atoms with Gasteiger partial charge in [0.25, 0.3) is 0 Å². The molecule has 0 N–H and O–H groups in total. The summed E-state index contributed by atoms with van der Waals surface area (Å²) in [5.74, 6) is 0.277. The molecule has 1 saturated carbocycles. The van der Waals surface area contributed by atoms with E-state index in [0.717, 1.165) is 19.3 Å². The molecule has 0 unspecified atom stereocenters. The van der Waals surface area contributed by atoms with Gasteiger partial charge < -0.3 is 0 Å². The van der Waals surface area contributed by atoms with Crippen molar-refractivity contribution in [2.75, 3.05) is 0 Å². The van der Waals surface area contributed by atoms with Crippen molar-refractivity contribution in [2.24, 2.45) is 5.92 Å². The average molecular weight is 137 g/mol. The Bertz CT molecular complexity index is 169. The molecule has 0 spiro atoms. The molecule has 0 radical (unpaired) electrons. The molecule has 0 bridgehead atoms. The third-order valence-corrected chi connectivity index (χ3v) is 1.91. The fourth-order valence-electron chi connectivity index (χ4n) is 1.30. The summed E-state index contributed by atoms with van der Waals surface area (Å²) >= 11 is 0. The number of rotatable bonds is 0. The van der Waals surface area contributed by atoms with E-state index >= 15 is 0 Å². The van der Waals surface area contributed by atoms with E-state index in [0.29, 0.717) is 12.8 Å². The van der Waals surface area contributed by atoms with Crippen LogP contribution in [0.5, 0.6) is 0 Å². The molecule has 2 heteroatoms. The lowest BCUT2D eigenvalue weighted by Gasteiger charge is -1.99. The Kier molecular flexibility index (Phi) is 2.44. The van der Waals surface area contributed by atoms with Crippen LogP contribution in [-0.4, -0.2) is 5.78 Å². The smallest absolute Gasteiger partial charge is 0.134 e. The summed E-state index contributed by atoms with van der Waals surface area (Å²) in [6.45, 7) is 0. The van der Waals surface area contributed by atoms with Gasteiger partial charge in [-0.15, -0.1) is 0 Å². The number of hydrogen-bond acceptors (Lipinski definition) is 2. The van der Waals surface area contributed by atoms with Crippen molar-refractivity contribution in [3.8, 4) is 6.07 Å². The van der Waals surface area contributed by atoms with Gasteiger partial charge in [0.05, 0.1) is 12.0 Å². The minimum Gasteiger partial charge on any atom is -0.300 e. The highest BCUT2D eigenvalue weighted by atomic mass is 16.1. The van der Waals surface area contributed by atoms with Gasteiger partial charge in [0.15, 0.2) is 0 Å². The Morgan fingerprint density at radius 2 is 2.30 bits per heavy atom. The predicted octanol–water partition coefficient (Wildman–Crippen LogP) is 1.66. The molecule has 10 heavy (non-hydrogen) atoms. The molecule has 0 saturated heterocycles. The van der Waals surface area contributed by atoms with Crippen LogP contribution in [0.2, 0.25) is 0 Å². The molecule has 2 nitrogen and oxygen atoms in total. The maximum Gasteiger partial charge on any atom is 0.134 e. The topological polar surface area (TPSA) is 40.9 Å². The monoisotopic (exact) mass is 137 g/mol. The van der Waals surface area contributed by atoms with E-state index in [4.69, 9.17) is 5.26 Å². The van der Waals surface area contributed by atoms with E-state index in [-0.39, 0.29) is 11.7 Å². The summed E-state index contributed by atoms with van der Waals surface area (Å²) in [5.41, 5.74) is 0. The first-order valence-electron chi connectivity index (χ1n) is 3.74. The molecule has 0 heterocycles. The maximum atomic E-state index is 10.9. The second kappa shape index (κ2) is 3.36. The minimum absolute atomic E-state index is 0.00926. The summed E-state index contributed by atoms with van der Waals surface area (Å²) in [7, 11) is 0. The van der Waals surface area contributed by atoms with Crippen molar-refractivity contribution in [2.45, 2.75) is 32.1 Å². The Morgan fingerprint density at radius 3 is 3.00 bits per heavy atom.